The fraction of sp³-hybridized carbons (Fsp3) is 0.462. The van der Waals surface area contributed by atoms with Crippen molar-refractivity contribution in [3.8, 4) is 6.07 Å². The van der Waals surface area contributed by atoms with Gasteiger partial charge in [-0.15, -0.1) is 0 Å². The van der Waals surface area contributed by atoms with Crippen molar-refractivity contribution in [3.63, 3.8) is 0 Å². The Labute approximate surface area is 109 Å². The minimum Gasteiger partial charge on any atom is -0.313 e. The van der Waals surface area contributed by atoms with Crippen LogP contribution in [0.1, 0.15) is 24.5 Å². The Morgan fingerprint density at radius 2 is 2.28 bits per heavy atom. The van der Waals surface area contributed by atoms with Crippen LogP contribution in [-0.4, -0.2) is 22.3 Å². The fourth-order valence-electron chi connectivity index (χ4n) is 1.51. The highest BCUT2D eigenvalue weighted by Gasteiger charge is 2.06. The molecule has 3 nitrogen and oxygen atoms in total. The van der Waals surface area contributed by atoms with Crippen molar-refractivity contribution in [2.45, 2.75) is 25.1 Å². The first-order valence-corrected chi connectivity index (χ1v) is 7.38. The van der Waals surface area contributed by atoms with Crippen LogP contribution in [-0.2, 0) is 17.3 Å². The van der Waals surface area contributed by atoms with Gasteiger partial charge in [0.1, 0.15) is 5.82 Å². The van der Waals surface area contributed by atoms with E-state index in [1.165, 1.54) is 18.2 Å². The number of rotatable bonds is 6. The van der Waals surface area contributed by atoms with E-state index in [1.54, 1.807) is 6.26 Å². The molecule has 0 aliphatic heterocycles. The van der Waals surface area contributed by atoms with Crippen molar-refractivity contribution < 1.29 is 8.60 Å². The third-order valence-electron chi connectivity index (χ3n) is 2.80. The van der Waals surface area contributed by atoms with Gasteiger partial charge in [-0.25, -0.2) is 4.39 Å². The standard InChI is InChI=1S/C13H17FN2OS/c1-10(18(2)17)5-6-16-9-12-7-13(14)4-3-11(12)8-15/h3-4,7,10,16H,5-6,9H2,1-2H3. The lowest BCUT2D eigenvalue weighted by Crippen LogP contribution is -2.21. The first-order valence-electron chi connectivity index (χ1n) is 5.76. The summed E-state index contributed by atoms with van der Waals surface area (Å²) in [5.41, 5.74) is 1.14. The molecule has 1 rings (SSSR count). The molecule has 1 aromatic carbocycles. The van der Waals surface area contributed by atoms with E-state index in [1.807, 2.05) is 13.0 Å². The van der Waals surface area contributed by atoms with Crippen molar-refractivity contribution in [1.29, 1.82) is 5.26 Å². The van der Waals surface area contributed by atoms with Crippen LogP contribution in [0.2, 0.25) is 0 Å². The van der Waals surface area contributed by atoms with Gasteiger partial charge in [-0.1, -0.05) is 6.92 Å². The van der Waals surface area contributed by atoms with Gasteiger partial charge in [0, 0.05) is 28.9 Å². The molecule has 0 saturated heterocycles. The second kappa shape index (κ2) is 7.24. The lowest BCUT2D eigenvalue weighted by Gasteiger charge is -2.10. The van der Waals surface area contributed by atoms with Gasteiger partial charge in [0.05, 0.1) is 11.6 Å². The Bertz CT molecular complexity index is 471. The summed E-state index contributed by atoms with van der Waals surface area (Å²) in [5.74, 6) is -0.339. The molecule has 1 aromatic rings. The Morgan fingerprint density at radius 1 is 1.56 bits per heavy atom. The molecule has 18 heavy (non-hydrogen) atoms. The summed E-state index contributed by atoms with van der Waals surface area (Å²) >= 11 is 0. The highest BCUT2D eigenvalue weighted by Crippen LogP contribution is 2.10. The van der Waals surface area contributed by atoms with Gasteiger partial charge in [-0.05, 0) is 36.7 Å². The molecule has 98 valence electrons. The first kappa shape index (κ1) is 14.8. The Balaban J connectivity index is 2.47. The topological polar surface area (TPSA) is 52.9 Å². The minimum absolute atomic E-state index is 0.139. The second-order valence-corrected chi connectivity index (χ2v) is 5.99. The van der Waals surface area contributed by atoms with Gasteiger partial charge in [-0.3, -0.25) is 4.21 Å². The van der Waals surface area contributed by atoms with E-state index < -0.39 is 10.8 Å². The highest BCUT2D eigenvalue weighted by molar-refractivity contribution is 7.84. The number of benzene rings is 1. The summed E-state index contributed by atoms with van der Waals surface area (Å²) in [6, 6.07) is 6.17. The maximum atomic E-state index is 13.0. The van der Waals surface area contributed by atoms with E-state index in [2.05, 4.69) is 5.32 Å². The first-order chi connectivity index (χ1) is 8.54. The van der Waals surface area contributed by atoms with Crippen molar-refractivity contribution in [1.82, 2.24) is 5.32 Å². The molecule has 0 aliphatic carbocycles. The van der Waals surface area contributed by atoms with Gasteiger partial charge >= 0.3 is 0 Å². The molecule has 0 bridgehead atoms. The molecular weight excluding hydrogens is 251 g/mol. The molecule has 0 amide bonds. The van der Waals surface area contributed by atoms with Crippen LogP contribution >= 0.6 is 0 Å². The molecule has 0 heterocycles. The van der Waals surface area contributed by atoms with E-state index in [0.717, 1.165) is 6.42 Å². The van der Waals surface area contributed by atoms with Gasteiger partial charge < -0.3 is 5.32 Å². The third-order valence-corrected chi connectivity index (χ3v) is 4.17. The fourth-order valence-corrected chi connectivity index (χ4v) is 1.96. The van der Waals surface area contributed by atoms with Gasteiger partial charge in [0.15, 0.2) is 0 Å². The largest absolute Gasteiger partial charge is 0.313 e. The van der Waals surface area contributed by atoms with E-state index in [-0.39, 0.29) is 11.1 Å². The predicted molar refractivity (Wildman–Crippen MR) is 71.0 cm³/mol. The van der Waals surface area contributed by atoms with Crippen molar-refractivity contribution in [2.24, 2.45) is 0 Å². The van der Waals surface area contributed by atoms with Crippen LogP contribution in [0.3, 0.4) is 0 Å². The zero-order chi connectivity index (χ0) is 13.5. The molecule has 5 heteroatoms. The lowest BCUT2D eigenvalue weighted by atomic mass is 10.1. The summed E-state index contributed by atoms with van der Waals surface area (Å²) in [6.07, 6.45) is 2.48. The molecule has 2 unspecified atom stereocenters. The van der Waals surface area contributed by atoms with Gasteiger partial charge in [0.2, 0.25) is 0 Å². The maximum Gasteiger partial charge on any atom is 0.123 e. The van der Waals surface area contributed by atoms with E-state index >= 15 is 0 Å². The third kappa shape index (κ3) is 4.55. The quantitative estimate of drug-likeness (QED) is 0.802. The number of hydrogen-bond acceptors (Lipinski definition) is 3. The zero-order valence-electron chi connectivity index (χ0n) is 10.6. The smallest absolute Gasteiger partial charge is 0.123 e. The number of nitrogens with one attached hydrogen (secondary N) is 1. The molecule has 0 spiro atoms. The number of halogens is 1. The van der Waals surface area contributed by atoms with Crippen LogP contribution in [0.25, 0.3) is 0 Å². The Kier molecular flexibility index (Phi) is 5.96. The van der Waals surface area contributed by atoms with Gasteiger partial charge in [-0.2, -0.15) is 5.26 Å². The van der Waals surface area contributed by atoms with Crippen LogP contribution in [0.5, 0.6) is 0 Å². The zero-order valence-corrected chi connectivity index (χ0v) is 11.4. The Hall–Kier alpha value is -1.25. The van der Waals surface area contributed by atoms with Gasteiger partial charge in [0.25, 0.3) is 0 Å². The van der Waals surface area contributed by atoms with Crippen molar-refractivity contribution >= 4 is 10.8 Å². The molecule has 0 saturated carbocycles. The van der Waals surface area contributed by atoms with Crippen LogP contribution in [0.4, 0.5) is 4.39 Å². The number of nitriles is 1. The molecule has 0 fully saturated rings. The average molecular weight is 268 g/mol. The van der Waals surface area contributed by atoms with Crippen LogP contribution in [0.15, 0.2) is 18.2 Å². The SMILES string of the molecule is CC(CCNCc1cc(F)ccc1C#N)S(C)=O. The molecular formula is C13H17FN2OS. The molecule has 2 atom stereocenters. The second-order valence-electron chi connectivity index (χ2n) is 4.19. The van der Waals surface area contributed by atoms with E-state index in [9.17, 15) is 8.60 Å². The summed E-state index contributed by atoms with van der Waals surface area (Å²) in [5, 5.41) is 12.2. The number of hydrogen-bond donors (Lipinski definition) is 1. The van der Waals surface area contributed by atoms with Crippen molar-refractivity contribution in [3.05, 3.63) is 35.1 Å². The number of nitrogens with zero attached hydrogens (tertiary/aromatic N) is 1. The minimum atomic E-state index is -0.820. The van der Waals surface area contributed by atoms with E-state index in [0.29, 0.717) is 24.2 Å². The predicted octanol–water partition coefficient (Wildman–Crippen LogP) is 1.94. The molecule has 0 aromatic heterocycles. The molecule has 0 aliphatic rings. The van der Waals surface area contributed by atoms with Crippen LogP contribution in [0, 0.1) is 17.1 Å². The summed E-state index contributed by atoms with van der Waals surface area (Å²) < 4.78 is 24.2. The Morgan fingerprint density at radius 3 is 2.89 bits per heavy atom. The maximum absolute atomic E-state index is 13.0. The van der Waals surface area contributed by atoms with Crippen LogP contribution < -0.4 is 5.32 Å². The molecule has 1 N–H and O–H groups in total. The van der Waals surface area contributed by atoms with Crippen molar-refractivity contribution in [2.75, 3.05) is 12.8 Å². The lowest BCUT2D eigenvalue weighted by molar-refractivity contribution is 0.611. The highest BCUT2D eigenvalue weighted by atomic mass is 32.2. The molecule has 0 radical (unpaired) electrons. The average Bonchev–Trinajstić information content (AvgIpc) is 2.34. The monoisotopic (exact) mass is 268 g/mol. The normalized spacial score (nSPS) is 13.9. The summed E-state index contributed by atoms with van der Waals surface area (Å²) in [7, 11) is -0.820. The summed E-state index contributed by atoms with van der Waals surface area (Å²) in [4.78, 5) is 0. The summed E-state index contributed by atoms with van der Waals surface area (Å²) in [6.45, 7) is 3.08. The van der Waals surface area contributed by atoms with E-state index in [4.69, 9.17) is 5.26 Å².